The second kappa shape index (κ2) is 8.10. The van der Waals surface area contributed by atoms with E-state index in [-0.39, 0.29) is 11.9 Å². The first-order valence-electron chi connectivity index (χ1n) is 10.3. The fourth-order valence-corrected chi connectivity index (χ4v) is 3.96. The van der Waals surface area contributed by atoms with Crippen molar-refractivity contribution in [2.24, 2.45) is 0 Å². The first-order valence-corrected chi connectivity index (χ1v) is 10.3. The average molecular weight is 428 g/mol. The Bertz CT molecular complexity index is 1400. The monoisotopic (exact) mass is 428 g/mol. The zero-order valence-electron chi connectivity index (χ0n) is 17.1. The Balaban J connectivity index is 1.40. The van der Waals surface area contributed by atoms with E-state index in [0.29, 0.717) is 41.2 Å². The molecule has 1 aliphatic rings. The van der Waals surface area contributed by atoms with Crippen molar-refractivity contribution in [2.45, 2.75) is 12.5 Å². The number of aromatic amines is 1. The highest BCUT2D eigenvalue weighted by Gasteiger charge is 2.27. The lowest BCUT2D eigenvalue weighted by Crippen LogP contribution is -2.34. The Hall–Kier alpha value is -4.27. The Morgan fingerprint density at radius 1 is 1.03 bits per heavy atom. The molecular formula is C23H20N6O3. The molecule has 1 unspecified atom stereocenters. The summed E-state index contributed by atoms with van der Waals surface area (Å²) in [5.74, 6) is 0.378. The number of hydrogen-bond acceptors (Lipinski definition) is 6. The molecule has 2 aromatic heterocycles. The summed E-state index contributed by atoms with van der Waals surface area (Å²) >= 11 is 0. The summed E-state index contributed by atoms with van der Waals surface area (Å²) in [6, 6.07) is 15.3. The predicted octanol–water partition coefficient (Wildman–Crippen LogP) is 1.80. The standard InChI is InChI=1S/C23H20N6O3/c30-20(28-12-9-16(14-28)26-22-24-10-4-11-25-22)15-7-8-18-19(13-15)27-23(32)29(21(18)31)17-5-2-1-3-6-17/h1-8,10-11,13,16H,9,12,14H2,(H,27,32)(H,24,25,26). The molecule has 0 aliphatic carbocycles. The molecule has 1 aliphatic heterocycles. The normalized spacial score (nSPS) is 15.8. The Labute approximate surface area is 182 Å². The number of nitrogens with zero attached hydrogens (tertiary/aromatic N) is 4. The molecule has 1 atom stereocenters. The zero-order chi connectivity index (χ0) is 22.1. The van der Waals surface area contributed by atoms with Crippen molar-refractivity contribution in [1.82, 2.24) is 24.4 Å². The van der Waals surface area contributed by atoms with E-state index in [0.717, 1.165) is 11.0 Å². The quantitative estimate of drug-likeness (QED) is 0.513. The number of carbonyl (C=O) groups is 1. The summed E-state index contributed by atoms with van der Waals surface area (Å²) in [7, 11) is 0. The molecule has 32 heavy (non-hydrogen) atoms. The summed E-state index contributed by atoms with van der Waals surface area (Å²) in [5.41, 5.74) is 0.263. The molecule has 0 spiro atoms. The maximum absolute atomic E-state index is 13.0. The number of carbonyl (C=O) groups excluding carboxylic acids is 1. The van der Waals surface area contributed by atoms with Crippen LogP contribution in [0, 0.1) is 0 Å². The van der Waals surface area contributed by atoms with Crippen molar-refractivity contribution < 1.29 is 4.79 Å². The van der Waals surface area contributed by atoms with Crippen molar-refractivity contribution >= 4 is 22.8 Å². The van der Waals surface area contributed by atoms with Crippen molar-refractivity contribution in [3.8, 4) is 5.69 Å². The van der Waals surface area contributed by atoms with E-state index in [2.05, 4.69) is 20.3 Å². The van der Waals surface area contributed by atoms with Gasteiger partial charge in [-0.25, -0.2) is 19.3 Å². The molecule has 2 N–H and O–H groups in total. The van der Waals surface area contributed by atoms with E-state index in [9.17, 15) is 14.4 Å². The van der Waals surface area contributed by atoms with Crippen LogP contribution in [0.3, 0.4) is 0 Å². The number of likely N-dealkylation sites (tertiary alicyclic amines) is 1. The van der Waals surface area contributed by atoms with Gasteiger partial charge in [0.15, 0.2) is 0 Å². The number of amides is 1. The summed E-state index contributed by atoms with van der Waals surface area (Å²) in [5, 5.41) is 3.58. The minimum Gasteiger partial charge on any atom is -0.350 e. The largest absolute Gasteiger partial charge is 0.350 e. The molecule has 9 heteroatoms. The van der Waals surface area contributed by atoms with Gasteiger partial charge in [-0.1, -0.05) is 18.2 Å². The van der Waals surface area contributed by atoms with Crippen LogP contribution >= 0.6 is 0 Å². The van der Waals surface area contributed by atoms with Crippen LogP contribution in [0.4, 0.5) is 5.95 Å². The van der Waals surface area contributed by atoms with Gasteiger partial charge in [0.25, 0.3) is 11.5 Å². The van der Waals surface area contributed by atoms with Crippen LogP contribution in [0.15, 0.2) is 76.6 Å². The molecule has 0 bridgehead atoms. The second-order valence-electron chi connectivity index (χ2n) is 7.62. The Morgan fingerprint density at radius 3 is 2.59 bits per heavy atom. The van der Waals surface area contributed by atoms with Crippen molar-refractivity contribution in [1.29, 1.82) is 0 Å². The number of benzene rings is 2. The van der Waals surface area contributed by atoms with Crippen molar-refractivity contribution in [2.75, 3.05) is 18.4 Å². The molecule has 3 heterocycles. The SMILES string of the molecule is O=C(c1ccc2c(=O)n(-c3ccccc3)c(=O)[nH]c2c1)N1CCC(Nc2ncccn2)C1. The number of nitrogens with one attached hydrogen (secondary N) is 2. The smallest absolute Gasteiger partial charge is 0.333 e. The molecular weight excluding hydrogens is 408 g/mol. The van der Waals surface area contributed by atoms with Crippen LogP contribution in [0.1, 0.15) is 16.8 Å². The van der Waals surface area contributed by atoms with Gasteiger partial charge in [-0.15, -0.1) is 0 Å². The predicted molar refractivity (Wildman–Crippen MR) is 120 cm³/mol. The number of hydrogen-bond donors (Lipinski definition) is 2. The van der Waals surface area contributed by atoms with Crippen LogP contribution in [0.2, 0.25) is 0 Å². The van der Waals surface area contributed by atoms with E-state index in [1.807, 2.05) is 6.07 Å². The Kier molecular flexibility index (Phi) is 4.98. The maximum Gasteiger partial charge on any atom is 0.333 e. The van der Waals surface area contributed by atoms with Gasteiger partial charge in [-0.2, -0.15) is 0 Å². The zero-order valence-corrected chi connectivity index (χ0v) is 17.1. The van der Waals surface area contributed by atoms with E-state index in [1.54, 1.807) is 65.8 Å². The first kappa shape index (κ1) is 19.7. The van der Waals surface area contributed by atoms with Gasteiger partial charge in [0, 0.05) is 37.1 Å². The van der Waals surface area contributed by atoms with Crippen molar-refractivity contribution in [3.05, 3.63) is 93.4 Å². The second-order valence-corrected chi connectivity index (χ2v) is 7.62. The van der Waals surface area contributed by atoms with Gasteiger partial charge < -0.3 is 15.2 Å². The molecule has 0 saturated carbocycles. The number of para-hydroxylation sites is 1. The Morgan fingerprint density at radius 2 is 1.81 bits per heavy atom. The van der Waals surface area contributed by atoms with Crippen LogP contribution < -0.4 is 16.6 Å². The highest BCUT2D eigenvalue weighted by molar-refractivity contribution is 5.97. The number of aromatic nitrogens is 4. The van der Waals surface area contributed by atoms with E-state index < -0.39 is 11.2 Å². The average Bonchev–Trinajstić information content (AvgIpc) is 3.28. The maximum atomic E-state index is 13.0. The molecule has 4 aromatic rings. The molecule has 1 saturated heterocycles. The first-order chi connectivity index (χ1) is 15.6. The topological polar surface area (TPSA) is 113 Å². The number of fused-ring (bicyclic) bond motifs is 1. The van der Waals surface area contributed by atoms with Gasteiger partial charge in [0.2, 0.25) is 5.95 Å². The summed E-state index contributed by atoms with van der Waals surface area (Å²) in [6.45, 7) is 1.11. The van der Waals surface area contributed by atoms with Crippen LogP contribution in [0.5, 0.6) is 0 Å². The molecule has 1 amide bonds. The van der Waals surface area contributed by atoms with E-state index in [4.69, 9.17) is 0 Å². The number of H-pyrrole nitrogens is 1. The fourth-order valence-electron chi connectivity index (χ4n) is 3.96. The lowest BCUT2D eigenvalue weighted by Gasteiger charge is -2.17. The summed E-state index contributed by atoms with van der Waals surface area (Å²) in [6.07, 6.45) is 4.10. The van der Waals surface area contributed by atoms with Crippen LogP contribution in [0.25, 0.3) is 16.6 Å². The highest BCUT2D eigenvalue weighted by Crippen LogP contribution is 2.18. The summed E-state index contributed by atoms with van der Waals surface area (Å²) in [4.78, 5) is 51.4. The third-order valence-corrected chi connectivity index (χ3v) is 5.53. The molecule has 5 rings (SSSR count). The fraction of sp³-hybridized carbons (Fsp3) is 0.174. The molecule has 2 aromatic carbocycles. The molecule has 0 radical (unpaired) electrons. The van der Waals surface area contributed by atoms with Gasteiger partial charge in [0.1, 0.15) is 0 Å². The third kappa shape index (κ3) is 3.64. The highest BCUT2D eigenvalue weighted by atomic mass is 16.2. The van der Waals surface area contributed by atoms with Crippen LogP contribution in [-0.4, -0.2) is 49.5 Å². The van der Waals surface area contributed by atoms with Gasteiger partial charge >= 0.3 is 5.69 Å². The van der Waals surface area contributed by atoms with Crippen molar-refractivity contribution in [3.63, 3.8) is 0 Å². The van der Waals surface area contributed by atoms with Crippen LogP contribution in [-0.2, 0) is 0 Å². The van der Waals surface area contributed by atoms with E-state index >= 15 is 0 Å². The van der Waals surface area contributed by atoms with E-state index in [1.165, 1.54) is 0 Å². The minimum atomic E-state index is -0.549. The number of anilines is 1. The lowest BCUT2D eigenvalue weighted by atomic mass is 10.1. The lowest BCUT2D eigenvalue weighted by molar-refractivity contribution is 0.0791. The van der Waals surface area contributed by atoms with Gasteiger partial charge in [-0.05, 0) is 42.8 Å². The van der Waals surface area contributed by atoms with Gasteiger partial charge in [-0.3, -0.25) is 9.59 Å². The third-order valence-electron chi connectivity index (χ3n) is 5.53. The summed E-state index contributed by atoms with van der Waals surface area (Å²) < 4.78 is 1.09. The molecule has 160 valence electrons. The number of rotatable bonds is 4. The van der Waals surface area contributed by atoms with Gasteiger partial charge in [0.05, 0.1) is 16.6 Å². The minimum absolute atomic E-state index is 0.0553. The molecule has 9 nitrogen and oxygen atoms in total. The molecule has 1 fully saturated rings.